The van der Waals surface area contributed by atoms with Gasteiger partial charge in [0.25, 0.3) is 0 Å². The van der Waals surface area contributed by atoms with E-state index in [1.165, 1.54) is 32.2 Å². The molecule has 0 aliphatic carbocycles. The molecule has 2 aromatic carbocycles. The number of unbranched alkanes of at least 4 members (excludes halogenated alkanes) is 3. The van der Waals surface area contributed by atoms with Crippen molar-refractivity contribution in [3.63, 3.8) is 0 Å². The van der Waals surface area contributed by atoms with Crippen molar-refractivity contribution < 1.29 is 4.74 Å². The summed E-state index contributed by atoms with van der Waals surface area (Å²) in [6.45, 7) is 7.67. The van der Waals surface area contributed by atoms with Crippen LogP contribution < -0.4 is 4.74 Å². The van der Waals surface area contributed by atoms with Gasteiger partial charge in [0.1, 0.15) is 11.5 Å². The topological polar surface area (TPSA) is 28.1 Å². The number of rotatable bonds is 5. The molecule has 0 aromatic heterocycles. The van der Waals surface area contributed by atoms with Crippen molar-refractivity contribution in [2.24, 2.45) is 4.99 Å². The van der Waals surface area contributed by atoms with Gasteiger partial charge in [-0.05, 0) is 50.2 Å². The maximum absolute atomic E-state index is 6.52. The predicted molar refractivity (Wildman–Crippen MR) is 121 cm³/mol. The van der Waals surface area contributed by atoms with Crippen molar-refractivity contribution >= 4 is 23.1 Å². The Balaban J connectivity index is 1.57. The lowest BCUT2D eigenvalue weighted by molar-refractivity contribution is 0.279. The van der Waals surface area contributed by atoms with E-state index in [4.69, 9.17) is 21.3 Å². The second-order valence-electron chi connectivity index (χ2n) is 7.86. The summed E-state index contributed by atoms with van der Waals surface area (Å²) in [5.74, 6) is 2.43. The quantitative estimate of drug-likeness (QED) is 0.555. The van der Waals surface area contributed by atoms with E-state index < -0.39 is 0 Å². The number of fused-ring (bicyclic) bond motifs is 2. The number of para-hydroxylation sites is 3. The summed E-state index contributed by atoms with van der Waals surface area (Å²) in [4.78, 5) is 10.1. The third-order valence-electron chi connectivity index (χ3n) is 5.73. The van der Waals surface area contributed by atoms with Crippen LogP contribution in [0.2, 0.25) is 5.02 Å². The Bertz CT molecular complexity index is 867. The zero-order valence-corrected chi connectivity index (χ0v) is 18.0. The van der Waals surface area contributed by atoms with E-state index in [1.807, 2.05) is 36.4 Å². The van der Waals surface area contributed by atoms with E-state index in [0.29, 0.717) is 10.8 Å². The van der Waals surface area contributed by atoms with Crippen LogP contribution >= 0.6 is 11.6 Å². The summed E-state index contributed by atoms with van der Waals surface area (Å²) in [6.07, 6.45) is 6.41. The molecule has 29 heavy (non-hydrogen) atoms. The Morgan fingerprint density at radius 2 is 1.86 bits per heavy atom. The van der Waals surface area contributed by atoms with E-state index in [1.54, 1.807) is 0 Å². The van der Waals surface area contributed by atoms with Crippen LogP contribution in [0.15, 0.2) is 47.5 Å². The van der Waals surface area contributed by atoms with Crippen molar-refractivity contribution in [2.45, 2.75) is 39.0 Å². The maximum Gasteiger partial charge on any atom is 0.157 e. The van der Waals surface area contributed by atoms with Gasteiger partial charge in [-0.25, -0.2) is 4.99 Å². The second kappa shape index (κ2) is 9.64. The average molecular weight is 412 g/mol. The lowest BCUT2D eigenvalue weighted by atomic mass is 10.1. The normalized spacial score (nSPS) is 16.9. The first-order chi connectivity index (χ1) is 14.3. The zero-order valence-electron chi connectivity index (χ0n) is 17.2. The van der Waals surface area contributed by atoms with Crippen LogP contribution in [0.3, 0.4) is 0 Å². The Labute approximate surface area is 179 Å². The monoisotopic (exact) mass is 411 g/mol. The standard InChI is InChI=1S/C24H30ClN3O/c1-2-3-4-7-14-27-15-9-16-28(18-17-27)24-19-10-8-11-20(25)23(19)29-22-13-6-5-12-21(22)26-24/h5-6,8,10-13H,2-4,7,9,14-18H2,1H3. The van der Waals surface area contributed by atoms with Gasteiger partial charge >= 0.3 is 0 Å². The fraction of sp³-hybridized carbons (Fsp3) is 0.458. The van der Waals surface area contributed by atoms with E-state index in [-0.39, 0.29) is 0 Å². The van der Waals surface area contributed by atoms with Crippen LogP contribution in [0.25, 0.3) is 0 Å². The molecule has 0 bridgehead atoms. The van der Waals surface area contributed by atoms with Gasteiger partial charge in [-0.3, -0.25) is 0 Å². The molecule has 2 aliphatic heterocycles. The number of nitrogens with zero attached hydrogens (tertiary/aromatic N) is 3. The number of ether oxygens (including phenoxy) is 1. The van der Waals surface area contributed by atoms with Gasteiger partial charge in [-0.1, -0.05) is 56.0 Å². The summed E-state index contributed by atoms with van der Waals surface area (Å²) in [5.41, 5.74) is 1.83. The molecule has 5 heteroatoms. The summed E-state index contributed by atoms with van der Waals surface area (Å²) >= 11 is 6.52. The summed E-state index contributed by atoms with van der Waals surface area (Å²) in [7, 11) is 0. The minimum absolute atomic E-state index is 0.624. The Morgan fingerprint density at radius 3 is 2.76 bits per heavy atom. The lowest BCUT2D eigenvalue weighted by Crippen LogP contribution is -2.36. The van der Waals surface area contributed by atoms with Crippen LogP contribution in [0.5, 0.6) is 11.5 Å². The summed E-state index contributed by atoms with van der Waals surface area (Å²) in [5, 5.41) is 0.624. The molecule has 1 fully saturated rings. The van der Waals surface area contributed by atoms with Gasteiger partial charge in [0.05, 0.1) is 10.6 Å². The fourth-order valence-corrected chi connectivity index (χ4v) is 4.33. The van der Waals surface area contributed by atoms with Crippen molar-refractivity contribution in [3.05, 3.63) is 53.1 Å². The second-order valence-corrected chi connectivity index (χ2v) is 8.27. The van der Waals surface area contributed by atoms with E-state index in [2.05, 4.69) is 22.8 Å². The average Bonchev–Trinajstić information content (AvgIpc) is 3.06. The van der Waals surface area contributed by atoms with Crippen molar-refractivity contribution in [1.29, 1.82) is 0 Å². The number of halogens is 1. The number of hydrogen-bond donors (Lipinski definition) is 0. The van der Waals surface area contributed by atoms with Gasteiger partial charge in [0.15, 0.2) is 11.5 Å². The molecule has 1 saturated heterocycles. The molecule has 0 amide bonds. The van der Waals surface area contributed by atoms with Crippen LogP contribution in [-0.4, -0.2) is 48.4 Å². The molecule has 2 aromatic rings. The van der Waals surface area contributed by atoms with Gasteiger partial charge in [0, 0.05) is 19.6 Å². The first kappa shape index (κ1) is 20.2. The summed E-state index contributed by atoms with van der Waals surface area (Å²) < 4.78 is 6.20. The predicted octanol–water partition coefficient (Wildman–Crippen LogP) is 6.11. The van der Waals surface area contributed by atoms with Gasteiger partial charge in [0.2, 0.25) is 0 Å². The van der Waals surface area contributed by atoms with E-state index in [0.717, 1.165) is 55.4 Å². The smallest absolute Gasteiger partial charge is 0.157 e. The fourth-order valence-electron chi connectivity index (χ4n) is 4.12. The molecule has 0 atom stereocenters. The Kier molecular flexibility index (Phi) is 6.73. The molecule has 2 heterocycles. The van der Waals surface area contributed by atoms with Gasteiger partial charge < -0.3 is 14.5 Å². The Morgan fingerprint density at radius 1 is 0.966 bits per heavy atom. The molecule has 0 spiro atoms. The summed E-state index contributed by atoms with van der Waals surface area (Å²) in [6, 6.07) is 13.9. The van der Waals surface area contributed by atoms with E-state index >= 15 is 0 Å². The molecule has 4 rings (SSSR count). The molecule has 154 valence electrons. The first-order valence-corrected chi connectivity index (χ1v) is 11.3. The molecular weight excluding hydrogens is 382 g/mol. The van der Waals surface area contributed by atoms with Gasteiger partial charge in [-0.2, -0.15) is 0 Å². The molecule has 0 radical (unpaired) electrons. The minimum Gasteiger partial charge on any atom is -0.453 e. The molecule has 0 unspecified atom stereocenters. The Hall–Kier alpha value is -2.04. The number of benzene rings is 2. The van der Waals surface area contributed by atoms with Crippen molar-refractivity contribution in [3.8, 4) is 11.5 Å². The third kappa shape index (κ3) is 4.76. The van der Waals surface area contributed by atoms with Crippen LogP contribution in [0.4, 0.5) is 5.69 Å². The SMILES string of the molecule is CCCCCCN1CCCN(C2=Nc3ccccc3Oc3c(Cl)cccc32)CC1. The van der Waals surface area contributed by atoms with Crippen LogP contribution in [-0.2, 0) is 0 Å². The van der Waals surface area contributed by atoms with E-state index in [9.17, 15) is 0 Å². The lowest BCUT2D eigenvalue weighted by Gasteiger charge is -2.25. The minimum atomic E-state index is 0.624. The van der Waals surface area contributed by atoms with Crippen LogP contribution in [0.1, 0.15) is 44.6 Å². The number of hydrogen-bond acceptors (Lipinski definition) is 4. The molecule has 2 aliphatic rings. The third-order valence-corrected chi connectivity index (χ3v) is 6.03. The highest BCUT2D eigenvalue weighted by Gasteiger charge is 2.25. The number of aliphatic imine (C=N–C) groups is 1. The molecule has 4 nitrogen and oxygen atoms in total. The first-order valence-electron chi connectivity index (χ1n) is 10.9. The van der Waals surface area contributed by atoms with Crippen LogP contribution in [0, 0.1) is 0 Å². The number of amidine groups is 1. The van der Waals surface area contributed by atoms with Crippen molar-refractivity contribution in [1.82, 2.24) is 9.80 Å². The highest BCUT2D eigenvalue weighted by atomic mass is 35.5. The molecule has 0 N–H and O–H groups in total. The van der Waals surface area contributed by atoms with Crippen molar-refractivity contribution in [2.75, 3.05) is 32.7 Å². The molecule has 0 saturated carbocycles. The highest BCUT2D eigenvalue weighted by molar-refractivity contribution is 6.33. The highest BCUT2D eigenvalue weighted by Crippen LogP contribution is 2.41. The molecular formula is C24H30ClN3O. The van der Waals surface area contributed by atoms with Gasteiger partial charge in [-0.15, -0.1) is 0 Å². The maximum atomic E-state index is 6.52. The largest absolute Gasteiger partial charge is 0.453 e. The zero-order chi connectivity index (χ0) is 20.1.